The molecule has 0 aliphatic heterocycles. The molecule has 4 heteroatoms. The van der Waals surface area contributed by atoms with E-state index >= 15 is 0 Å². The minimum atomic E-state index is -0.0160. The Morgan fingerprint density at radius 1 is 0.739 bits per heavy atom. The number of benzene rings is 3. The van der Waals surface area contributed by atoms with Crippen LogP contribution in [0.25, 0.3) is 44.7 Å². The van der Waals surface area contributed by atoms with Crippen molar-refractivity contribution in [1.82, 2.24) is 19.1 Å². The van der Waals surface area contributed by atoms with Gasteiger partial charge in [-0.15, -0.1) is 0 Å². The van der Waals surface area contributed by atoms with Crippen LogP contribution in [0.4, 0.5) is 0 Å². The maximum absolute atomic E-state index is 5.17. The Kier molecular flexibility index (Phi) is 6.90. The number of hydrogen-bond donors (Lipinski definition) is 0. The molecule has 1 aliphatic rings. The van der Waals surface area contributed by atoms with Crippen LogP contribution >= 0.6 is 0 Å². The molecule has 2 atom stereocenters. The highest BCUT2D eigenvalue weighted by Crippen LogP contribution is 2.70. The zero-order chi connectivity index (χ0) is 32.9. The van der Waals surface area contributed by atoms with Gasteiger partial charge in [-0.2, -0.15) is 0 Å². The van der Waals surface area contributed by atoms with Crippen molar-refractivity contribution < 1.29 is 0 Å². The van der Waals surface area contributed by atoms with E-state index < -0.39 is 0 Å². The predicted molar refractivity (Wildman–Crippen MR) is 194 cm³/mol. The molecule has 0 spiro atoms. The van der Waals surface area contributed by atoms with E-state index in [2.05, 4.69) is 146 Å². The van der Waals surface area contributed by atoms with E-state index in [9.17, 15) is 0 Å². The molecule has 3 aromatic carbocycles. The molecule has 0 radical (unpaired) electrons. The molecule has 2 unspecified atom stereocenters. The molecule has 4 nitrogen and oxygen atoms in total. The summed E-state index contributed by atoms with van der Waals surface area (Å²) < 4.78 is 4.80. The summed E-state index contributed by atoms with van der Waals surface area (Å²) in [6.07, 6.45) is 6.08. The second-order valence-corrected chi connectivity index (χ2v) is 15.2. The van der Waals surface area contributed by atoms with Crippen LogP contribution in [-0.4, -0.2) is 19.1 Å². The lowest BCUT2D eigenvalue weighted by atomic mass is 9.84. The molecule has 0 N–H and O–H groups in total. The zero-order valence-corrected chi connectivity index (χ0v) is 29.4. The van der Waals surface area contributed by atoms with Crippen molar-refractivity contribution in [3.8, 4) is 22.8 Å². The van der Waals surface area contributed by atoms with Gasteiger partial charge in [0, 0.05) is 40.3 Å². The summed E-state index contributed by atoms with van der Waals surface area (Å²) in [5, 5.41) is 2.38. The maximum atomic E-state index is 5.17. The van der Waals surface area contributed by atoms with Gasteiger partial charge in [-0.25, -0.2) is 9.97 Å². The second-order valence-electron chi connectivity index (χ2n) is 15.2. The van der Waals surface area contributed by atoms with Crippen molar-refractivity contribution in [2.45, 2.75) is 93.4 Å². The van der Waals surface area contributed by atoms with E-state index in [-0.39, 0.29) is 10.8 Å². The van der Waals surface area contributed by atoms with E-state index in [1.54, 1.807) is 0 Å². The third-order valence-corrected chi connectivity index (χ3v) is 11.8. The van der Waals surface area contributed by atoms with Crippen molar-refractivity contribution in [3.05, 3.63) is 107 Å². The van der Waals surface area contributed by atoms with Crippen LogP contribution in [0.5, 0.6) is 0 Å². The highest BCUT2D eigenvalue weighted by Gasteiger charge is 2.66. The van der Waals surface area contributed by atoms with E-state index in [0.717, 1.165) is 11.5 Å². The molecule has 0 amide bonds. The van der Waals surface area contributed by atoms with Crippen LogP contribution in [0.3, 0.4) is 0 Å². The van der Waals surface area contributed by atoms with E-state index in [1.807, 2.05) is 12.4 Å². The molecule has 6 aromatic rings. The van der Waals surface area contributed by atoms with Gasteiger partial charge in [-0.1, -0.05) is 91.3 Å². The number of pyridine rings is 1. The topological polar surface area (TPSA) is 35.6 Å². The third kappa shape index (κ3) is 4.18. The number of imidazole rings is 1. The smallest absolute Gasteiger partial charge is 0.145 e. The Hall–Kier alpha value is -4.18. The Bertz CT molecular complexity index is 2100. The van der Waals surface area contributed by atoms with Crippen molar-refractivity contribution in [3.63, 3.8) is 0 Å². The maximum Gasteiger partial charge on any atom is 0.145 e. The van der Waals surface area contributed by atoms with Gasteiger partial charge in [0.2, 0.25) is 0 Å². The summed E-state index contributed by atoms with van der Waals surface area (Å²) in [5.74, 6) is 2.30. The first-order chi connectivity index (χ1) is 21.8. The van der Waals surface area contributed by atoms with Crippen molar-refractivity contribution in [2.24, 2.45) is 11.3 Å². The van der Waals surface area contributed by atoms with Crippen LogP contribution in [0.15, 0.2) is 73.2 Å². The SMILES string of the molecule is Cc1cc(C)c(-n2c3cc(C4(C)C(C)C4(C)C)c(-c4nccn4-c4c(C(C)C)cccc4C(C)C)cc3c3cccnc32)c(C)c1. The molecule has 0 bridgehead atoms. The van der Waals surface area contributed by atoms with Gasteiger partial charge in [-0.05, 0) is 96.0 Å². The third-order valence-electron chi connectivity index (χ3n) is 11.8. The fourth-order valence-electron chi connectivity index (χ4n) is 8.58. The number of para-hydroxylation sites is 1. The van der Waals surface area contributed by atoms with Crippen molar-refractivity contribution in [1.29, 1.82) is 0 Å². The Labute approximate surface area is 274 Å². The quantitative estimate of drug-likeness (QED) is 0.189. The van der Waals surface area contributed by atoms with Crippen molar-refractivity contribution >= 4 is 21.9 Å². The molecule has 1 aliphatic carbocycles. The van der Waals surface area contributed by atoms with E-state index in [0.29, 0.717) is 17.8 Å². The lowest BCUT2D eigenvalue weighted by Crippen LogP contribution is -2.14. The Morgan fingerprint density at radius 3 is 1.96 bits per heavy atom. The second kappa shape index (κ2) is 10.4. The molecule has 0 saturated heterocycles. The van der Waals surface area contributed by atoms with Crippen molar-refractivity contribution in [2.75, 3.05) is 0 Å². The van der Waals surface area contributed by atoms with Crippen LogP contribution in [0.1, 0.15) is 101 Å². The lowest BCUT2D eigenvalue weighted by Gasteiger charge is -2.24. The molecule has 46 heavy (non-hydrogen) atoms. The highest BCUT2D eigenvalue weighted by atomic mass is 15.1. The highest BCUT2D eigenvalue weighted by molar-refractivity contribution is 6.10. The first-order valence-electron chi connectivity index (χ1n) is 17.0. The lowest BCUT2D eigenvalue weighted by molar-refractivity contribution is 0.522. The molecular weight excluding hydrogens is 560 g/mol. The normalized spacial score (nSPS) is 19.2. The fourth-order valence-corrected chi connectivity index (χ4v) is 8.58. The Morgan fingerprint density at radius 2 is 1.37 bits per heavy atom. The van der Waals surface area contributed by atoms with E-state index in [4.69, 9.17) is 9.97 Å². The first-order valence-corrected chi connectivity index (χ1v) is 17.0. The minimum absolute atomic E-state index is 0.0160. The van der Waals surface area contributed by atoms with Crippen LogP contribution < -0.4 is 0 Å². The number of rotatable bonds is 6. The summed E-state index contributed by atoms with van der Waals surface area (Å²) >= 11 is 0. The van der Waals surface area contributed by atoms with E-state index in [1.165, 1.54) is 66.6 Å². The van der Waals surface area contributed by atoms with Gasteiger partial charge in [0.15, 0.2) is 0 Å². The summed E-state index contributed by atoms with van der Waals surface area (Å²) in [7, 11) is 0. The number of hydrogen-bond acceptors (Lipinski definition) is 2. The predicted octanol–water partition coefficient (Wildman–Crippen LogP) is 11.1. The van der Waals surface area contributed by atoms with Gasteiger partial charge in [0.25, 0.3) is 0 Å². The summed E-state index contributed by atoms with van der Waals surface area (Å²) in [6, 6.07) is 20.6. The number of fused-ring (bicyclic) bond motifs is 3. The monoisotopic (exact) mass is 608 g/mol. The molecule has 3 aromatic heterocycles. The molecule has 3 heterocycles. The zero-order valence-electron chi connectivity index (χ0n) is 29.4. The molecule has 236 valence electrons. The van der Waals surface area contributed by atoms with Crippen LogP contribution in [-0.2, 0) is 5.41 Å². The van der Waals surface area contributed by atoms with Gasteiger partial charge in [-0.3, -0.25) is 9.13 Å². The standard InChI is InChI=1S/C42H48N4/c1-24(2)30-14-12-15-31(25(3)4)38(30)45-19-18-44-39(45)34-22-33-32-16-13-17-43-40(32)46(37-27(6)20-26(5)21-28(37)7)36(33)23-35(34)42(11)29(8)41(42,9)10/h12-25,29H,1-11H3. The summed E-state index contributed by atoms with van der Waals surface area (Å²) in [6.45, 7) is 25.5. The number of aromatic nitrogens is 4. The number of aryl methyl sites for hydroxylation is 3. The average Bonchev–Trinajstić information content (AvgIpc) is 3.42. The first kappa shape index (κ1) is 30.5. The molecule has 7 rings (SSSR count). The molecule has 1 saturated carbocycles. The molecular formula is C42H48N4. The van der Waals surface area contributed by atoms with Gasteiger partial charge >= 0.3 is 0 Å². The average molecular weight is 609 g/mol. The minimum Gasteiger partial charge on any atom is -0.299 e. The van der Waals surface area contributed by atoms with Gasteiger partial charge in [0.1, 0.15) is 11.5 Å². The van der Waals surface area contributed by atoms with Gasteiger partial charge in [0.05, 0.1) is 16.9 Å². The summed E-state index contributed by atoms with van der Waals surface area (Å²) in [5.41, 5.74) is 13.9. The van der Waals surface area contributed by atoms with Crippen LogP contribution in [0, 0.1) is 32.1 Å². The summed E-state index contributed by atoms with van der Waals surface area (Å²) in [4.78, 5) is 10.2. The Balaban J connectivity index is 1.61. The largest absolute Gasteiger partial charge is 0.299 e. The van der Waals surface area contributed by atoms with Gasteiger partial charge < -0.3 is 0 Å². The van der Waals surface area contributed by atoms with Crippen LogP contribution in [0.2, 0.25) is 0 Å². The fraction of sp³-hybridized carbons (Fsp3) is 0.381. The number of nitrogens with zero attached hydrogens (tertiary/aromatic N) is 4. The molecule has 1 fully saturated rings.